The van der Waals surface area contributed by atoms with Crippen molar-refractivity contribution in [3.05, 3.63) is 64.4 Å². The molecule has 0 spiro atoms. The van der Waals surface area contributed by atoms with Crippen LogP contribution in [0.3, 0.4) is 0 Å². The van der Waals surface area contributed by atoms with E-state index in [4.69, 9.17) is 4.42 Å². The van der Waals surface area contributed by atoms with Crippen LogP contribution in [0.5, 0.6) is 0 Å². The van der Waals surface area contributed by atoms with Crippen LogP contribution < -0.4 is 10.7 Å². The Hall–Kier alpha value is -2.89. The molecule has 1 unspecified atom stereocenters. The molecule has 0 radical (unpaired) electrons. The smallest absolute Gasteiger partial charge is 0.408 e. The zero-order valence-electron chi connectivity index (χ0n) is 19.4. The summed E-state index contributed by atoms with van der Waals surface area (Å²) in [6.07, 6.45) is 9.28. The maximum absolute atomic E-state index is 13.2. The number of halogens is 1. The molecule has 0 bridgehead atoms. The number of Topliss-reactive ketones (excluding diaryl/α,β-unsaturated/α-hetero) is 1. The number of carbonyl (C=O) groups excluding carboxylic acids is 1. The van der Waals surface area contributed by atoms with Gasteiger partial charge < -0.3 is 9.32 Å². The molecule has 6 heteroatoms. The Balaban J connectivity index is 1.18. The van der Waals surface area contributed by atoms with Crippen molar-refractivity contribution in [2.75, 3.05) is 18.0 Å². The Kier molecular flexibility index (Phi) is 7.63. The SMILES string of the molecule is CC(=O)c1ccc2c(c1)oc(=O)n2CCCCCCC1CCCN(c2ccc(F)cc2)CC1. The number of fused-ring (bicyclic) bond motifs is 1. The summed E-state index contributed by atoms with van der Waals surface area (Å²) in [5.74, 6) is 0.185. The molecule has 1 saturated heterocycles. The van der Waals surface area contributed by atoms with E-state index in [2.05, 4.69) is 4.90 Å². The van der Waals surface area contributed by atoms with E-state index in [0.717, 1.165) is 49.5 Å². The molecule has 1 atom stereocenters. The zero-order valence-corrected chi connectivity index (χ0v) is 19.4. The highest BCUT2D eigenvalue weighted by Gasteiger charge is 2.17. The first-order valence-electron chi connectivity index (χ1n) is 12.2. The Labute approximate surface area is 194 Å². The minimum absolute atomic E-state index is 0.0378. The van der Waals surface area contributed by atoms with E-state index >= 15 is 0 Å². The van der Waals surface area contributed by atoms with Crippen LogP contribution in [0.4, 0.5) is 10.1 Å². The van der Waals surface area contributed by atoms with E-state index in [1.807, 2.05) is 12.1 Å². The molecule has 1 aliphatic heterocycles. The van der Waals surface area contributed by atoms with Crippen LogP contribution in [0, 0.1) is 11.7 Å². The standard InChI is InChI=1S/C27H33FN2O3/c1-20(31)22-9-14-25-26(19-22)33-27(32)30(25)17-5-3-2-4-7-21-8-6-16-29(18-15-21)24-12-10-23(28)11-13-24/h9-14,19,21H,2-8,15-18H2,1H3. The van der Waals surface area contributed by atoms with E-state index in [9.17, 15) is 14.0 Å². The first-order valence-corrected chi connectivity index (χ1v) is 12.2. The van der Waals surface area contributed by atoms with Gasteiger partial charge in [-0.1, -0.05) is 25.7 Å². The molecule has 3 aromatic rings. The fraction of sp³-hybridized carbons (Fsp3) is 0.481. The van der Waals surface area contributed by atoms with E-state index in [0.29, 0.717) is 17.7 Å². The summed E-state index contributed by atoms with van der Waals surface area (Å²) in [5.41, 5.74) is 2.92. The monoisotopic (exact) mass is 452 g/mol. The lowest BCUT2D eigenvalue weighted by atomic mass is 9.94. The number of nitrogens with zero attached hydrogens (tertiary/aromatic N) is 2. The second-order valence-corrected chi connectivity index (χ2v) is 9.22. The normalized spacial score (nSPS) is 16.8. The Bertz CT molecular complexity index is 1130. The molecule has 33 heavy (non-hydrogen) atoms. The molecule has 0 amide bonds. The van der Waals surface area contributed by atoms with Crippen molar-refractivity contribution in [3.63, 3.8) is 0 Å². The Morgan fingerprint density at radius 1 is 1.03 bits per heavy atom. The lowest BCUT2D eigenvalue weighted by Crippen LogP contribution is -2.24. The minimum atomic E-state index is -0.352. The molecule has 176 valence electrons. The summed E-state index contributed by atoms with van der Waals surface area (Å²) in [6.45, 7) is 4.23. The molecular formula is C27H33FN2O3. The van der Waals surface area contributed by atoms with Gasteiger partial charge in [-0.15, -0.1) is 0 Å². The fourth-order valence-corrected chi connectivity index (χ4v) is 4.92. The average Bonchev–Trinajstić information content (AvgIpc) is 2.95. The van der Waals surface area contributed by atoms with Crippen LogP contribution in [0.1, 0.15) is 68.6 Å². The van der Waals surface area contributed by atoms with Gasteiger partial charge in [-0.05, 0) is 81.0 Å². The molecule has 1 fully saturated rings. The Morgan fingerprint density at radius 2 is 1.82 bits per heavy atom. The van der Waals surface area contributed by atoms with E-state index in [-0.39, 0.29) is 17.4 Å². The van der Waals surface area contributed by atoms with E-state index in [1.165, 1.54) is 39.0 Å². The lowest BCUT2D eigenvalue weighted by Gasteiger charge is -2.23. The number of aryl methyl sites for hydroxylation is 1. The molecule has 0 aliphatic carbocycles. The molecule has 2 heterocycles. The highest BCUT2D eigenvalue weighted by molar-refractivity contribution is 5.96. The zero-order chi connectivity index (χ0) is 23.2. The number of benzene rings is 2. The van der Waals surface area contributed by atoms with Crippen LogP contribution in [-0.2, 0) is 6.54 Å². The number of ketones is 1. The van der Waals surface area contributed by atoms with Gasteiger partial charge in [0.1, 0.15) is 5.82 Å². The van der Waals surface area contributed by atoms with Crippen LogP contribution >= 0.6 is 0 Å². The van der Waals surface area contributed by atoms with Crippen molar-refractivity contribution >= 4 is 22.6 Å². The van der Waals surface area contributed by atoms with Gasteiger partial charge in [0, 0.05) is 30.9 Å². The van der Waals surface area contributed by atoms with Crippen molar-refractivity contribution in [2.45, 2.75) is 64.8 Å². The van der Waals surface area contributed by atoms with E-state index < -0.39 is 0 Å². The summed E-state index contributed by atoms with van der Waals surface area (Å²) in [6, 6.07) is 12.1. The van der Waals surface area contributed by atoms with Gasteiger partial charge in [0.05, 0.1) is 5.52 Å². The highest BCUT2D eigenvalue weighted by atomic mass is 19.1. The van der Waals surface area contributed by atoms with Crippen molar-refractivity contribution in [1.29, 1.82) is 0 Å². The van der Waals surface area contributed by atoms with Crippen LogP contribution in [-0.4, -0.2) is 23.4 Å². The first-order chi connectivity index (χ1) is 16.0. The Morgan fingerprint density at radius 3 is 2.61 bits per heavy atom. The van der Waals surface area contributed by atoms with Gasteiger partial charge in [0.2, 0.25) is 0 Å². The number of hydrogen-bond acceptors (Lipinski definition) is 4. The molecule has 1 aromatic heterocycles. The third kappa shape index (κ3) is 5.92. The first kappa shape index (κ1) is 23.3. The predicted octanol–water partition coefficient (Wildman–Crippen LogP) is 6.19. The van der Waals surface area contributed by atoms with Gasteiger partial charge >= 0.3 is 5.76 Å². The van der Waals surface area contributed by atoms with Crippen LogP contribution in [0.15, 0.2) is 51.7 Å². The summed E-state index contributed by atoms with van der Waals surface area (Å²) in [4.78, 5) is 26.1. The van der Waals surface area contributed by atoms with Crippen molar-refractivity contribution in [1.82, 2.24) is 4.57 Å². The van der Waals surface area contributed by atoms with Crippen molar-refractivity contribution < 1.29 is 13.6 Å². The van der Waals surface area contributed by atoms with Gasteiger partial charge in [0.25, 0.3) is 0 Å². The summed E-state index contributed by atoms with van der Waals surface area (Å²) in [5, 5.41) is 0. The highest BCUT2D eigenvalue weighted by Crippen LogP contribution is 2.26. The van der Waals surface area contributed by atoms with Gasteiger partial charge in [-0.2, -0.15) is 0 Å². The second kappa shape index (κ2) is 10.8. The second-order valence-electron chi connectivity index (χ2n) is 9.22. The summed E-state index contributed by atoms with van der Waals surface area (Å²) < 4.78 is 20.2. The van der Waals surface area contributed by atoms with Gasteiger partial charge in [-0.3, -0.25) is 9.36 Å². The minimum Gasteiger partial charge on any atom is -0.408 e. The number of rotatable bonds is 9. The molecule has 4 rings (SSSR count). The third-order valence-corrected chi connectivity index (χ3v) is 6.86. The van der Waals surface area contributed by atoms with E-state index in [1.54, 1.807) is 34.9 Å². The quantitative estimate of drug-likeness (QED) is 0.287. The molecule has 0 saturated carbocycles. The molecule has 0 N–H and O–H groups in total. The number of unbranched alkanes of at least 4 members (excludes halogenated alkanes) is 3. The largest absolute Gasteiger partial charge is 0.419 e. The third-order valence-electron chi connectivity index (χ3n) is 6.86. The summed E-state index contributed by atoms with van der Waals surface area (Å²) >= 11 is 0. The van der Waals surface area contributed by atoms with Crippen molar-refractivity contribution in [2.24, 2.45) is 5.92 Å². The summed E-state index contributed by atoms with van der Waals surface area (Å²) in [7, 11) is 0. The van der Waals surface area contributed by atoms with Gasteiger partial charge in [-0.25, -0.2) is 9.18 Å². The number of carbonyl (C=O) groups is 1. The fourth-order valence-electron chi connectivity index (χ4n) is 4.92. The molecule has 1 aliphatic rings. The number of aromatic nitrogens is 1. The number of oxazole rings is 1. The lowest BCUT2D eigenvalue weighted by molar-refractivity contribution is 0.101. The molecule has 2 aromatic carbocycles. The number of hydrogen-bond donors (Lipinski definition) is 0. The maximum atomic E-state index is 13.2. The molecule has 5 nitrogen and oxygen atoms in total. The number of anilines is 1. The van der Waals surface area contributed by atoms with Crippen LogP contribution in [0.2, 0.25) is 0 Å². The maximum Gasteiger partial charge on any atom is 0.419 e. The van der Waals surface area contributed by atoms with Gasteiger partial charge in [0.15, 0.2) is 11.4 Å². The van der Waals surface area contributed by atoms with Crippen molar-refractivity contribution in [3.8, 4) is 0 Å². The van der Waals surface area contributed by atoms with Crippen LogP contribution in [0.25, 0.3) is 11.1 Å². The predicted molar refractivity (Wildman–Crippen MR) is 130 cm³/mol. The molecular weight excluding hydrogens is 419 g/mol. The topological polar surface area (TPSA) is 55.5 Å². The average molecular weight is 453 g/mol.